The summed E-state index contributed by atoms with van der Waals surface area (Å²) in [6.45, 7) is 0.387. The maximum atomic E-state index is 10.8. The monoisotopic (exact) mass is 452 g/mol. The Hall–Kier alpha value is -0.820. The van der Waals surface area contributed by atoms with E-state index in [4.69, 9.17) is 23.2 Å². The second kappa shape index (κ2) is 6.96. The van der Waals surface area contributed by atoms with E-state index in [2.05, 4.69) is 37.2 Å². The van der Waals surface area contributed by atoms with Crippen LogP contribution in [0.15, 0.2) is 39.3 Å². The SMILES string of the molecule is O=[N+]([O-])c1cc(Br)cc(CNc2ccc(Br)c(Cl)c2Cl)c1. The first-order valence-corrected chi connectivity index (χ1v) is 8.04. The minimum atomic E-state index is -0.433. The molecule has 0 fully saturated rings. The molecule has 2 aromatic rings. The molecule has 0 amide bonds. The number of rotatable bonds is 4. The summed E-state index contributed by atoms with van der Waals surface area (Å²) in [6, 6.07) is 8.32. The number of halogens is 4. The van der Waals surface area contributed by atoms with Crippen molar-refractivity contribution >= 4 is 66.4 Å². The van der Waals surface area contributed by atoms with Gasteiger partial charge in [-0.05, 0) is 39.7 Å². The molecule has 2 aromatic carbocycles. The molecule has 0 heterocycles. The highest BCUT2D eigenvalue weighted by molar-refractivity contribution is 9.10. The molecule has 0 aromatic heterocycles. The van der Waals surface area contributed by atoms with Gasteiger partial charge in [0.15, 0.2) is 0 Å². The average molecular weight is 455 g/mol. The molecule has 21 heavy (non-hydrogen) atoms. The van der Waals surface area contributed by atoms with E-state index in [1.807, 2.05) is 0 Å². The highest BCUT2D eigenvalue weighted by Crippen LogP contribution is 2.36. The number of nitro benzene ring substituents is 1. The lowest BCUT2D eigenvalue weighted by Gasteiger charge is -2.10. The summed E-state index contributed by atoms with van der Waals surface area (Å²) in [5.74, 6) is 0. The minimum Gasteiger partial charge on any atom is -0.380 e. The zero-order valence-electron chi connectivity index (χ0n) is 10.4. The van der Waals surface area contributed by atoms with Gasteiger partial charge in [-0.3, -0.25) is 10.1 Å². The normalized spacial score (nSPS) is 10.5. The minimum absolute atomic E-state index is 0.0288. The summed E-state index contributed by atoms with van der Waals surface area (Å²) in [4.78, 5) is 10.4. The number of hydrogen-bond acceptors (Lipinski definition) is 3. The summed E-state index contributed by atoms with van der Waals surface area (Å²) >= 11 is 18.7. The third kappa shape index (κ3) is 4.10. The molecule has 4 nitrogen and oxygen atoms in total. The van der Waals surface area contributed by atoms with Gasteiger partial charge in [-0.1, -0.05) is 39.1 Å². The Kier molecular flexibility index (Phi) is 5.48. The molecule has 0 radical (unpaired) electrons. The van der Waals surface area contributed by atoms with Gasteiger partial charge >= 0.3 is 0 Å². The van der Waals surface area contributed by atoms with E-state index in [1.165, 1.54) is 12.1 Å². The molecule has 8 heteroatoms. The van der Waals surface area contributed by atoms with Crippen LogP contribution in [0.4, 0.5) is 11.4 Å². The van der Waals surface area contributed by atoms with Crippen molar-refractivity contribution in [1.29, 1.82) is 0 Å². The van der Waals surface area contributed by atoms with E-state index in [-0.39, 0.29) is 5.69 Å². The maximum absolute atomic E-state index is 10.8. The molecule has 0 saturated heterocycles. The Morgan fingerprint density at radius 1 is 1.14 bits per heavy atom. The predicted molar refractivity (Wildman–Crippen MR) is 92.3 cm³/mol. The highest BCUT2D eigenvalue weighted by atomic mass is 79.9. The van der Waals surface area contributed by atoms with E-state index in [0.717, 1.165) is 5.56 Å². The Bertz CT molecular complexity index is 711. The van der Waals surface area contributed by atoms with E-state index < -0.39 is 4.92 Å². The van der Waals surface area contributed by atoms with Crippen LogP contribution in [0.1, 0.15) is 5.56 Å². The first kappa shape index (κ1) is 16.5. The quantitative estimate of drug-likeness (QED) is 0.348. The number of anilines is 1. The largest absolute Gasteiger partial charge is 0.380 e. The van der Waals surface area contributed by atoms with Crippen molar-refractivity contribution in [2.75, 3.05) is 5.32 Å². The molecule has 2 rings (SSSR count). The fourth-order valence-electron chi connectivity index (χ4n) is 1.70. The van der Waals surface area contributed by atoms with E-state index in [9.17, 15) is 10.1 Å². The van der Waals surface area contributed by atoms with Crippen LogP contribution in [0, 0.1) is 10.1 Å². The van der Waals surface area contributed by atoms with E-state index in [0.29, 0.717) is 31.2 Å². The van der Waals surface area contributed by atoms with Crippen molar-refractivity contribution in [2.45, 2.75) is 6.54 Å². The van der Waals surface area contributed by atoms with E-state index in [1.54, 1.807) is 18.2 Å². The van der Waals surface area contributed by atoms with Gasteiger partial charge in [0.2, 0.25) is 0 Å². The summed E-state index contributed by atoms with van der Waals surface area (Å²) in [7, 11) is 0. The number of nitrogens with one attached hydrogen (secondary N) is 1. The average Bonchev–Trinajstić information content (AvgIpc) is 2.43. The molecule has 0 aliphatic heterocycles. The van der Waals surface area contributed by atoms with Crippen LogP contribution in [0.2, 0.25) is 10.0 Å². The molecule has 0 aliphatic carbocycles. The summed E-state index contributed by atoms with van der Waals surface area (Å²) in [5.41, 5.74) is 1.44. The number of nitrogens with zero attached hydrogens (tertiary/aromatic N) is 1. The molecule has 0 spiro atoms. The summed E-state index contributed by atoms with van der Waals surface area (Å²) in [6.07, 6.45) is 0. The van der Waals surface area contributed by atoms with Gasteiger partial charge in [0.1, 0.15) is 0 Å². The fraction of sp³-hybridized carbons (Fsp3) is 0.0769. The molecule has 0 unspecified atom stereocenters. The zero-order valence-corrected chi connectivity index (χ0v) is 15.1. The molecular formula is C13H8Br2Cl2N2O2. The van der Waals surface area contributed by atoms with Crippen LogP contribution in [0.5, 0.6) is 0 Å². The lowest BCUT2D eigenvalue weighted by molar-refractivity contribution is -0.385. The third-order valence-corrected chi connectivity index (χ3v) is 4.90. The van der Waals surface area contributed by atoms with Gasteiger partial charge in [-0.2, -0.15) is 0 Å². The van der Waals surface area contributed by atoms with E-state index >= 15 is 0 Å². The van der Waals surface area contributed by atoms with Crippen LogP contribution < -0.4 is 5.32 Å². The van der Waals surface area contributed by atoms with Gasteiger partial charge in [-0.15, -0.1) is 0 Å². The molecule has 0 atom stereocenters. The second-order valence-corrected chi connectivity index (χ2v) is 6.68. The lowest BCUT2D eigenvalue weighted by atomic mass is 10.2. The van der Waals surface area contributed by atoms with Gasteiger partial charge in [0, 0.05) is 27.6 Å². The van der Waals surface area contributed by atoms with Crippen molar-refractivity contribution in [3.63, 3.8) is 0 Å². The molecule has 110 valence electrons. The Morgan fingerprint density at radius 3 is 2.52 bits per heavy atom. The van der Waals surface area contributed by atoms with Crippen LogP contribution in [-0.4, -0.2) is 4.92 Å². The van der Waals surface area contributed by atoms with Crippen LogP contribution in [-0.2, 0) is 6.54 Å². The Labute approximate surface area is 147 Å². The van der Waals surface area contributed by atoms with Crippen molar-refractivity contribution < 1.29 is 4.92 Å². The van der Waals surface area contributed by atoms with Crippen molar-refractivity contribution in [3.8, 4) is 0 Å². The Morgan fingerprint density at radius 2 is 1.86 bits per heavy atom. The maximum Gasteiger partial charge on any atom is 0.270 e. The molecule has 0 bridgehead atoms. The van der Waals surface area contributed by atoms with Gasteiger partial charge in [0.25, 0.3) is 5.69 Å². The fourth-order valence-corrected chi connectivity index (χ4v) is 3.07. The predicted octanol–water partition coefficient (Wildman–Crippen LogP) is 6.04. The topological polar surface area (TPSA) is 55.2 Å². The van der Waals surface area contributed by atoms with Crippen LogP contribution >= 0.6 is 55.1 Å². The zero-order chi connectivity index (χ0) is 15.6. The van der Waals surface area contributed by atoms with Crippen LogP contribution in [0.25, 0.3) is 0 Å². The third-order valence-electron chi connectivity index (χ3n) is 2.67. The van der Waals surface area contributed by atoms with Crippen LogP contribution in [0.3, 0.4) is 0 Å². The lowest BCUT2D eigenvalue weighted by Crippen LogP contribution is -2.01. The van der Waals surface area contributed by atoms with Gasteiger partial charge < -0.3 is 5.32 Å². The number of nitro groups is 1. The first-order valence-electron chi connectivity index (χ1n) is 5.69. The molecule has 0 saturated carbocycles. The summed E-state index contributed by atoms with van der Waals surface area (Å²) in [5, 5.41) is 14.8. The second-order valence-electron chi connectivity index (χ2n) is 4.15. The standard InChI is InChI=1S/C13H8Br2Cl2N2O2/c14-8-3-7(4-9(5-8)19(20)21)6-18-11-2-1-10(15)12(16)13(11)17/h1-5,18H,6H2. The van der Waals surface area contributed by atoms with Gasteiger partial charge in [0.05, 0.1) is 20.7 Å². The smallest absolute Gasteiger partial charge is 0.270 e. The van der Waals surface area contributed by atoms with Crippen molar-refractivity contribution in [2.24, 2.45) is 0 Å². The van der Waals surface area contributed by atoms with Crippen molar-refractivity contribution in [3.05, 3.63) is 65.0 Å². The molecular weight excluding hydrogens is 447 g/mol. The molecule has 0 aliphatic rings. The van der Waals surface area contributed by atoms with Crippen molar-refractivity contribution in [1.82, 2.24) is 0 Å². The Balaban J connectivity index is 2.21. The number of non-ortho nitro benzene ring substituents is 1. The molecule has 1 N–H and O–H groups in total. The number of benzene rings is 2. The highest BCUT2D eigenvalue weighted by Gasteiger charge is 2.11. The summed E-state index contributed by atoms with van der Waals surface area (Å²) < 4.78 is 1.35. The number of hydrogen-bond donors (Lipinski definition) is 1. The van der Waals surface area contributed by atoms with Gasteiger partial charge in [-0.25, -0.2) is 0 Å². The first-order chi connectivity index (χ1) is 9.88.